The van der Waals surface area contributed by atoms with Gasteiger partial charge in [0.2, 0.25) is 0 Å². The maximum atomic E-state index is 6.20. The number of rotatable bonds is 3. The van der Waals surface area contributed by atoms with E-state index in [1.807, 2.05) is 29.8 Å². The van der Waals surface area contributed by atoms with Crippen LogP contribution < -0.4 is 15.2 Å². The van der Waals surface area contributed by atoms with Gasteiger partial charge in [-0.3, -0.25) is 0 Å². The molecule has 0 fully saturated rings. The SMILES string of the molecule is CCCc1nc(-c2ccc3c(c2)OCCCO3)c(N)n1C. The van der Waals surface area contributed by atoms with Gasteiger partial charge in [-0.25, -0.2) is 4.98 Å². The molecule has 1 aromatic heterocycles. The molecule has 21 heavy (non-hydrogen) atoms. The Balaban J connectivity index is 2.01. The summed E-state index contributed by atoms with van der Waals surface area (Å²) in [6, 6.07) is 5.89. The van der Waals surface area contributed by atoms with Gasteiger partial charge in [-0.05, 0) is 24.6 Å². The number of fused-ring (bicyclic) bond motifs is 1. The third-order valence-electron chi connectivity index (χ3n) is 3.73. The van der Waals surface area contributed by atoms with Gasteiger partial charge in [0.15, 0.2) is 11.5 Å². The minimum atomic E-state index is 0.676. The van der Waals surface area contributed by atoms with Crippen LogP contribution in [0.3, 0.4) is 0 Å². The standard InChI is InChI=1S/C16H21N3O2/c1-3-5-14-18-15(16(17)19(14)2)11-6-7-12-13(10-11)21-9-4-8-20-12/h6-7,10H,3-5,8-9,17H2,1-2H3. The Morgan fingerprint density at radius 2 is 2.00 bits per heavy atom. The van der Waals surface area contributed by atoms with Gasteiger partial charge in [0.1, 0.15) is 17.3 Å². The topological polar surface area (TPSA) is 62.3 Å². The lowest BCUT2D eigenvalue weighted by Crippen LogP contribution is -2.01. The molecule has 0 bridgehead atoms. The smallest absolute Gasteiger partial charge is 0.161 e. The number of imidazole rings is 1. The number of hydrogen-bond acceptors (Lipinski definition) is 4. The first-order chi connectivity index (χ1) is 10.2. The van der Waals surface area contributed by atoms with Gasteiger partial charge in [-0.15, -0.1) is 0 Å². The first-order valence-electron chi connectivity index (χ1n) is 7.41. The zero-order valence-corrected chi connectivity index (χ0v) is 12.6. The molecule has 0 saturated heterocycles. The van der Waals surface area contributed by atoms with Crippen molar-refractivity contribution in [3.05, 3.63) is 24.0 Å². The second kappa shape index (κ2) is 5.68. The second-order valence-corrected chi connectivity index (χ2v) is 5.28. The van der Waals surface area contributed by atoms with Crippen LogP contribution >= 0.6 is 0 Å². The van der Waals surface area contributed by atoms with Crippen LogP contribution in [0.2, 0.25) is 0 Å². The van der Waals surface area contributed by atoms with Gasteiger partial charge in [0.25, 0.3) is 0 Å². The Morgan fingerprint density at radius 3 is 2.76 bits per heavy atom. The molecule has 0 radical (unpaired) electrons. The number of aryl methyl sites for hydroxylation is 1. The molecular formula is C16H21N3O2. The zero-order chi connectivity index (χ0) is 14.8. The fourth-order valence-corrected chi connectivity index (χ4v) is 2.53. The van der Waals surface area contributed by atoms with Crippen LogP contribution in [0, 0.1) is 0 Å². The lowest BCUT2D eigenvalue weighted by atomic mass is 10.1. The maximum absolute atomic E-state index is 6.20. The molecule has 3 rings (SSSR count). The first kappa shape index (κ1) is 13.8. The Morgan fingerprint density at radius 1 is 1.24 bits per heavy atom. The van der Waals surface area contributed by atoms with Crippen molar-refractivity contribution in [1.82, 2.24) is 9.55 Å². The van der Waals surface area contributed by atoms with E-state index in [-0.39, 0.29) is 0 Å². The van der Waals surface area contributed by atoms with Crippen molar-refractivity contribution in [1.29, 1.82) is 0 Å². The Hall–Kier alpha value is -2.17. The number of benzene rings is 1. The van der Waals surface area contributed by atoms with E-state index in [1.165, 1.54) is 0 Å². The minimum absolute atomic E-state index is 0.676. The molecule has 5 heteroatoms. The van der Waals surface area contributed by atoms with Crippen molar-refractivity contribution in [2.24, 2.45) is 7.05 Å². The fraction of sp³-hybridized carbons (Fsp3) is 0.438. The van der Waals surface area contributed by atoms with Crippen LogP contribution in [-0.2, 0) is 13.5 Å². The largest absolute Gasteiger partial charge is 0.490 e. The predicted molar refractivity (Wildman–Crippen MR) is 82.7 cm³/mol. The third kappa shape index (κ3) is 2.55. The summed E-state index contributed by atoms with van der Waals surface area (Å²) in [5.41, 5.74) is 7.98. The number of nitrogens with zero attached hydrogens (tertiary/aromatic N) is 2. The molecule has 1 aliphatic rings. The van der Waals surface area contributed by atoms with E-state index in [0.29, 0.717) is 19.0 Å². The van der Waals surface area contributed by atoms with E-state index in [2.05, 4.69) is 11.9 Å². The molecule has 1 aliphatic heterocycles. The quantitative estimate of drug-likeness (QED) is 0.943. The Bertz CT molecular complexity index is 649. The van der Waals surface area contributed by atoms with Crippen LogP contribution in [0.25, 0.3) is 11.3 Å². The molecule has 5 nitrogen and oxygen atoms in total. The van der Waals surface area contributed by atoms with E-state index in [0.717, 1.165) is 47.8 Å². The Kier molecular flexibility index (Phi) is 3.73. The molecule has 112 valence electrons. The number of anilines is 1. The van der Waals surface area contributed by atoms with E-state index >= 15 is 0 Å². The summed E-state index contributed by atoms with van der Waals surface area (Å²) in [4.78, 5) is 4.68. The molecule has 2 heterocycles. The average molecular weight is 287 g/mol. The molecule has 0 atom stereocenters. The van der Waals surface area contributed by atoms with Gasteiger partial charge in [0.05, 0.1) is 13.2 Å². The van der Waals surface area contributed by atoms with E-state index in [1.54, 1.807) is 0 Å². The van der Waals surface area contributed by atoms with Crippen molar-refractivity contribution in [3.8, 4) is 22.8 Å². The molecular weight excluding hydrogens is 266 g/mol. The van der Waals surface area contributed by atoms with Gasteiger partial charge in [-0.1, -0.05) is 6.92 Å². The molecule has 1 aromatic carbocycles. The number of nitrogens with two attached hydrogens (primary N) is 1. The van der Waals surface area contributed by atoms with E-state index in [4.69, 9.17) is 15.2 Å². The number of ether oxygens (including phenoxy) is 2. The minimum Gasteiger partial charge on any atom is -0.490 e. The van der Waals surface area contributed by atoms with E-state index < -0.39 is 0 Å². The van der Waals surface area contributed by atoms with Crippen LogP contribution in [0.1, 0.15) is 25.6 Å². The normalized spacial score (nSPS) is 14.0. The van der Waals surface area contributed by atoms with Crippen LogP contribution in [0.15, 0.2) is 18.2 Å². The van der Waals surface area contributed by atoms with Crippen LogP contribution in [-0.4, -0.2) is 22.8 Å². The molecule has 0 saturated carbocycles. The highest BCUT2D eigenvalue weighted by molar-refractivity contribution is 5.73. The molecule has 0 spiro atoms. The summed E-state index contributed by atoms with van der Waals surface area (Å²) in [6.45, 7) is 3.51. The third-order valence-corrected chi connectivity index (χ3v) is 3.73. The molecule has 0 unspecified atom stereocenters. The van der Waals surface area contributed by atoms with Crippen LogP contribution in [0.5, 0.6) is 11.5 Å². The number of nitrogen functional groups attached to an aromatic ring is 1. The monoisotopic (exact) mass is 287 g/mol. The van der Waals surface area contributed by atoms with Crippen molar-refractivity contribution < 1.29 is 9.47 Å². The summed E-state index contributed by atoms with van der Waals surface area (Å²) in [6.07, 6.45) is 2.87. The Labute approximate surface area is 124 Å². The number of aromatic nitrogens is 2. The van der Waals surface area contributed by atoms with Gasteiger partial charge in [-0.2, -0.15) is 0 Å². The van der Waals surface area contributed by atoms with Crippen molar-refractivity contribution in [2.75, 3.05) is 18.9 Å². The van der Waals surface area contributed by atoms with Gasteiger partial charge < -0.3 is 19.8 Å². The summed E-state index contributed by atoms with van der Waals surface area (Å²) >= 11 is 0. The van der Waals surface area contributed by atoms with Crippen molar-refractivity contribution in [2.45, 2.75) is 26.2 Å². The second-order valence-electron chi connectivity index (χ2n) is 5.28. The molecule has 2 aromatic rings. The highest BCUT2D eigenvalue weighted by Gasteiger charge is 2.16. The average Bonchev–Trinajstić information content (AvgIpc) is 2.69. The predicted octanol–water partition coefficient (Wildman–Crippen LogP) is 2.78. The summed E-state index contributed by atoms with van der Waals surface area (Å²) in [7, 11) is 1.96. The first-order valence-corrected chi connectivity index (χ1v) is 7.41. The maximum Gasteiger partial charge on any atom is 0.161 e. The van der Waals surface area contributed by atoms with Crippen LogP contribution in [0.4, 0.5) is 5.82 Å². The number of hydrogen-bond donors (Lipinski definition) is 1. The lowest BCUT2D eigenvalue weighted by Gasteiger charge is -2.08. The van der Waals surface area contributed by atoms with Crippen molar-refractivity contribution >= 4 is 5.82 Å². The summed E-state index contributed by atoms with van der Waals surface area (Å²) in [5.74, 6) is 3.26. The van der Waals surface area contributed by atoms with E-state index in [9.17, 15) is 0 Å². The molecule has 2 N–H and O–H groups in total. The van der Waals surface area contributed by atoms with Gasteiger partial charge >= 0.3 is 0 Å². The lowest BCUT2D eigenvalue weighted by molar-refractivity contribution is 0.297. The zero-order valence-electron chi connectivity index (χ0n) is 12.6. The highest BCUT2D eigenvalue weighted by Crippen LogP contribution is 2.35. The molecule has 0 aliphatic carbocycles. The fourth-order valence-electron chi connectivity index (χ4n) is 2.53. The highest BCUT2D eigenvalue weighted by atomic mass is 16.5. The molecule has 0 amide bonds. The van der Waals surface area contributed by atoms with Gasteiger partial charge in [0, 0.05) is 25.5 Å². The summed E-state index contributed by atoms with van der Waals surface area (Å²) < 4.78 is 13.3. The van der Waals surface area contributed by atoms with Crippen molar-refractivity contribution in [3.63, 3.8) is 0 Å². The summed E-state index contributed by atoms with van der Waals surface area (Å²) in [5, 5.41) is 0.